The van der Waals surface area contributed by atoms with Crippen molar-refractivity contribution < 1.29 is 9.50 Å². The zero-order chi connectivity index (χ0) is 17.6. The number of hydrogen-bond donors (Lipinski definition) is 3. The molecule has 6 nitrogen and oxygen atoms in total. The lowest BCUT2D eigenvalue weighted by molar-refractivity contribution is 0.482. The summed E-state index contributed by atoms with van der Waals surface area (Å²) in [6.07, 6.45) is 0.498. The molecule has 126 valence electrons. The van der Waals surface area contributed by atoms with Crippen LogP contribution in [0.2, 0.25) is 0 Å². The van der Waals surface area contributed by atoms with Crippen molar-refractivity contribution >= 4 is 11.0 Å². The summed E-state index contributed by atoms with van der Waals surface area (Å²) in [5, 5.41) is 17.7. The second kappa shape index (κ2) is 5.70. The quantitative estimate of drug-likeness (QED) is 0.534. The molecule has 0 aliphatic heterocycles. The van der Waals surface area contributed by atoms with Crippen molar-refractivity contribution in [1.29, 1.82) is 0 Å². The van der Waals surface area contributed by atoms with Gasteiger partial charge in [0.05, 0.1) is 11.1 Å². The summed E-state index contributed by atoms with van der Waals surface area (Å²) >= 11 is 0. The van der Waals surface area contributed by atoms with E-state index in [-0.39, 0.29) is 11.6 Å². The van der Waals surface area contributed by atoms with Crippen LogP contribution in [0.25, 0.3) is 22.4 Å². The highest BCUT2D eigenvalue weighted by atomic mass is 19.1. The average molecular weight is 337 g/mol. The fourth-order valence-corrected chi connectivity index (χ4v) is 2.90. The Hall–Kier alpha value is -3.22. The number of aromatic amines is 2. The van der Waals surface area contributed by atoms with Gasteiger partial charge in [-0.3, -0.25) is 5.10 Å². The van der Waals surface area contributed by atoms with Crippen molar-refractivity contribution in [3.63, 3.8) is 0 Å². The Morgan fingerprint density at radius 3 is 2.64 bits per heavy atom. The molecule has 0 amide bonds. The molecule has 0 spiro atoms. The second-order valence-corrected chi connectivity index (χ2v) is 6.04. The van der Waals surface area contributed by atoms with Gasteiger partial charge < -0.3 is 10.1 Å². The van der Waals surface area contributed by atoms with Gasteiger partial charge in [-0.2, -0.15) is 5.10 Å². The fourth-order valence-electron chi connectivity index (χ4n) is 2.90. The Kier molecular flexibility index (Phi) is 3.49. The van der Waals surface area contributed by atoms with Gasteiger partial charge in [0.1, 0.15) is 23.0 Å². The van der Waals surface area contributed by atoms with E-state index in [1.165, 1.54) is 12.1 Å². The third kappa shape index (κ3) is 2.73. The minimum absolute atomic E-state index is 0.0773. The van der Waals surface area contributed by atoms with Gasteiger partial charge in [0.25, 0.3) is 0 Å². The van der Waals surface area contributed by atoms with Crippen LogP contribution in [0.15, 0.2) is 30.3 Å². The number of phenols is 1. The molecule has 2 aromatic carbocycles. The van der Waals surface area contributed by atoms with E-state index in [4.69, 9.17) is 0 Å². The smallest absolute Gasteiger partial charge is 0.184 e. The summed E-state index contributed by atoms with van der Waals surface area (Å²) in [5.74, 6) is 1.59. The van der Waals surface area contributed by atoms with E-state index < -0.39 is 0 Å². The zero-order valence-corrected chi connectivity index (χ0v) is 13.8. The Morgan fingerprint density at radius 1 is 1.12 bits per heavy atom. The summed E-state index contributed by atoms with van der Waals surface area (Å²) in [7, 11) is 0. The molecule has 0 saturated carbocycles. The Bertz CT molecular complexity index is 1070. The first-order valence-corrected chi connectivity index (χ1v) is 7.86. The zero-order valence-electron chi connectivity index (χ0n) is 13.8. The average Bonchev–Trinajstić information content (AvgIpc) is 3.20. The van der Waals surface area contributed by atoms with Gasteiger partial charge in [0.2, 0.25) is 0 Å². The van der Waals surface area contributed by atoms with Crippen LogP contribution >= 0.6 is 0 Å². The van der Waals surface area contributed by atoms with E-state index in [1.807, 2.05) is 19.9 Å². The normalized spacial score (nSPS) is 11.3. The molecule has 0 saturated heterocycles. The summed E-state index contributed by atoms with van der Waals surface area (Å²) in [5.41, 5.74) is 3.70. The predicted octanol–water partition coefficient (Wildman–Crippen LogP) is 3.40. The molecular formula is C18H16FN5O. The number of aryl methyl sites for hydroxylation is 2. The van der Waals surface area contributed by atoms with Crippen LogP contribution in [0.3, 0.4) is 0 Å². The maximum absolute atomic E-state index is 13.0. The van der Waals surface area contributed by atoms with Crippen LogP contribution in [0, 0.1) is 19.7 Å². The van der Waals surface area contributed by atoms with Gasteiger partial charge in [-0.25, -0.2) is 14.4 Å². The number of nitrogens with one attached hydrogen (secondary N) is 2. The SMILES string of the molecule is Cc1nc2c(C)cc(-c3n[nH]c(Cc4ccc(F)cc4)n3)c(O)c2[nH]1. The van der Waals surface area contributed by atoms with Crippen LogP contribution in [-0.4, -0.2) is 30.3 Å². The maximum Gasteiger partial charge on any atom is 0.184 e. The first kappa shape index (κ1) is 15.3. The molecule has 4 rings (SSSR count). The standard InChI is InChI=1S/C18H16FN5O/c1-9-7-13(17(25)16-15(9)20-10(2)21-16)18-22-14(23-24-18)8-11-3-5-12(19)6-4-11/h3-7,25H,8H2,1-2H3,(H,20,21)(H,22,23,24). The monoisotopic (exact) mass is 337 g/mol. The van der Waals surface area contributed by atoms with E-state index in [0.29, 0.717) is 29.1 Å². The van der Waals surface area contributed by atoms with Crippen LogP contribution in [0.1, 0.15) is 22.8 Å². The number of imidazole rings is 1. The lowest BCUT2D eigenvalue weighted by Crippen LogP contribution is -1.91. The lowest BCUT2D eigenvalue weighted by Gasteiger charge is -2.04. The molecular weight excluding hydrogens is 321 g/mol. The van der Waals surface area contributed by atoms with Crippen molar-refractivity contribution in [2.45, 2.75) is 20.3 Å². The number of fused-ring (bicyclic) bond motifs is 1. The molecule has 0 aliphatic carbocycles. The first-order valence-electron chi connectivity index (χ1n) is 7.86. The largest absolute Gasteiger partial charge is 0.505 e. The molecule has 25 heavy (non-hydrogen) atoms. The molecule has 2 aromatic heterocycles. The van der Waals surface area contributed by atoms with Crippen molar-refractivity contribution in [3.05, 3.63) is 58.9 Å². The number of aromatic hydroxyl groups is 1. The molecule has 0 bridgehead atoms. The molecule has 0 radical (unpaired) electrons. The summed E-state index contributed by atoms with van der Waals surface area (Å²) in [6.45, 7) is 3.77. The predicted molar refractivity (Wildman–Crippen MR) is 91.8 cm³/mol. The Morgan fingerprint density at radius 2 is 1.88 bits per heavy atom. The summed E-state index contributed by atoms with van der Waals surface area (Å²) < 4.78 is 13.0. The third-order valence-corrected chi connectivity index (χ3v) is 4.11. The highest BCUT2D eigenvalue weighted by Crippen LogP contribution is 2.35. The summed E-state index contributed by atoms with van der Waals surface area (Å²) in [4.78, 5) is 11.9. The molecule has 0 fully saturated rings. The molecule has 2 heterocycles. The first-order chi connectivity index (χ1) is 12.0. The number of nitrogens with zero attached hydrogens (tertiary/aromatic N) is 3. The van der Waals surface area contributed by atoms with Crippen molar-refractivity contribution in [2.75, 3.05) is 0 Å². The van der Waals surface area contributed by atoms with Crippen molar-refractivity contribution in [1.82, 2.24) is 25.1 Å². The van der Waals surface area contributed by atoms with E-state index in [1.54, 1.807) is 12.1 Å². The fraction of sp³-hybridized carbons (Fsp3) is 0.167. The Labute approximate surface area is 142 Å². The van der Waals surface area contributed by atoms with E-state index >= 15 is 0 Å². The molecule has 0 atom stereocenters. The van der Waals surface area contributed by atoms with Gasteiger partial charge in [-0.05, 0) is 43.2 Å². The molecule has 0 unspecified atom stereocenters. The lowest BCUT2D eigenvalue weighted by atomic mass is 10.1. The Balaban J connectivity index is 1.71. The van der Waals surface area contributed by atoms with Crippen molar-refractivity contribution in [3.8, 4) is 17.1 Å². The van der Waals surface area contributed by atoms with Crippen molar-refractivity contribution in [2.24, 2.45) is 0 Å². The molecule has 0 aliphatic rings. The van der Waals surface area contributed by atoms with Gasteiger partial charge in [0.15, 0.2) is 11.6 Å². The molecule has 3 N–H and O–H groups in total. The number of benzene rings is 2. The third-order valence-electron chi connectivity index (χ3n) is 4.11. The second-order valence-electron chi connectivity index (χ2n) is 6.04. The van der Waals surface area contributed by atoms with E-state index in [0.717, 1.165) is 22.5 Å². The number of halogens is 1. The topological polar surface area (TPSA) is 90.5 Å². The van der Waals surface area contributed by atoms with E-state index in [2.05, 4.69) is 25.1 Å². The number of rotatable bonds is 3. The number of phenolic OH excluding ortho intramolecular Hbond substituents is 1. The van der Waals surface area contributed by atoms with Crippen LogP contribution in [0.5, 0.6) is 5.75 Å². The van der Waals surface area contributed by atoms with Gasteiger partial charge in [-0.15, -0.1) is 0 Å². The summed E-state index contributed by atoms with van der Waals surface area (Å²) in [6, 6.07) is 8.06. The van der Waals surface area contributed by atoms with E-state index in [9.17, 15) is 9.50 Å². The minimum Gasteiger partial charge on any atom is -0.505 e. The minimum atomic E-state index is -0.273. The molecule has 7 heteroatoms. The van der Waals surface area contributed by atoms with Crippen LogP contribution < -0.4 is 0 Å². The highest BCUT2D eigenvalue weighted by Gasteiger charge is 2.17. The highest BCUT2D eigenvalue weighted by molar-refractivity contribution is 5.91. The van der Waals surface area contributed by atoms with Gasteiger partial charge in [0, 0.05) is 6.42 Å². The maximum atomic E-state index is 13.0. The van der Waals surface area contributed by atoms with Crippen LogP contribution in [0.4, 0.5) is 4.39 Å². The number of hydrogen-bond acceptors (Lipinski definition) is 4. The van der Waals surface area contributed by atoms with Crippen LogP contribution in [-0.2, 0) is 6.42 Å². The molecule has 4 aromatic rings. The van der Waals surface area contributed by atoms with Gasteiger partial charge >= 0.3 is 0 Å². The van der Waals surface area contributed by atoms with Gasteiger partial charge in [-0.1, -0.05) is 12.1 Å². The number of H-pyrrole nitrogens is 2. The number of aromatic nitrogens is 5.